The number of nitrogens with two attached hydrogens (primary N) is 1. The highest BCUT2D eigenvalue weighted by atomic mass is 32.2. The second-order valence-electron chi connectivity index (χ2n) is 7.25. The first-order valence-corrected chi connectivity index (χ1v) is 12.3. The van der Waals surface area contributed by atoms with E-state index in [-0.39, 0.29) is 23.0 Å². The molecule has 0 radical (unpaired) electrons. The van der Waals surface area contributed by atoms with E-state index in [1.807, 2.05) is 30.3 Å². The van der Waals surface area contributed by atoms with Crippen LogP contribution in [0.15, 0.2) is 87.9 Å². The minimum atomic E-state index is -0.435. The molecular formula is C24H21N5O3S2. The van der Waals surface area contributed by atoms with E-state index in [2.05, 4.69) is 15.3 Å². The van der Waals surface area contributed by atoms with Gasteiger partial charge in [-0.2, -0.15) is 0 Å². The summed E-state index contributed by atoms with van der Waals surface area (Å²) in [4.78, 5) is 46.6. The molecule has 10 heteroatoms. The van der Waals surface area contributed by atoms with Gasteiger partial charge in [-0.05, 0) is 35.9 Å². The van der Waals surface area contributed by atoms with E-state index in [0.29, 0.717) is 28.3 Å². The van der Waals surface area contributed by atoms with E-state index in [9.17, 15) is 14.4 Å². The summed E-state index contributed by atoms with van der Waals surface area (Å²) in [5, 5.41) is 3.83. The monoisotopic (exact) mass is 491 g/mol. The molecule has 0 atom stereocenters. The maximum absolute atomic E-state index is 13.2. The van der Waals surface area contributed by atoms with Crippen LogP contribution >= 0.6 is 23.5 Å². The number of hydrogen-bond acceptors (Lipinski definition) is 7. The maximum Gasteiger partial charge on any atom is 0.262 e. The maximum atomic E-state index is 13.2. The van der Waals surface area contributed by atoms with Gasteiger partial charge in [-0.25, -0.2) is 4.98 Å². The largest absolute Gasteiger partial charge is 0.369 e. The van der Waals surface area contributed by atoms with E-state index < -0.39 is 5.91 Å². The van der Waals surface area contributed by atoms with Crippen molar-refractivity contribution in [3.63, 3.8) is 0 Å². The number of carbonyl (C=O) groups is 2. The van der Waals surface area contributed by atoms with Gasteiger partial charge in [0.1, 0.15) is 0 Å². The minimum absolute atomic E-state index is 0.0483. The molecule has 0 saturated carbocycles. The minimum Gasteiger partial charge on any atom is -0.369 e. The molecule has 8 nitrogen and oxygen atoms in total. The van der Waals surface area contributed by atoms with Crippen LogP contribution in [0.5, 0.6) is 0 Å². The second-order valence-corrected chi connectivity index (χ2v) is 9.21. The Kier molecular flexibility index (Phi) is 7.61. The van der Waals surface area contributed by atoms with Gasteiger partial charge >= 0.3 is 0 Å². The number of hydrogen-bond donors (Lipinski definition) is 2. The Morgan fingerprint density at radius 2 is 1.76 bits per heavy atom. The van der Waals surface area contributed by atoms with Crippen LogP contribution in [0.1, 0.15) is 5.56 Å². The zero-order valence-electron chi connectivity index (χ0n) is 18.0. The first-order chi connectivity index (χ1) is 16.5. The molecule has 0 bridgehead atoms. The van der Waals surface area contributed by atoms with Crippen LogP contribution in [0.4, 0.5) is 5.69 Å². The van der Waals surface area contributed by atoms with Crippen molar-refractivity contribution < 1.29 is 9.59 Å². The van der Waals surface area contributed by atoms with E-state index in [1.54, 1.807) is 47.3 Å². The number of pyridine rings is 1. The summed E-state index contributed by atoms with van der Waals surface area (Å²) in [6.07, 6.45) is 3.37. The lowest BCUT2D eigenvalue weighted by molar-refractivity contribution is -0.115. The molecule has 0 unspecified atom stereocenters. The SMILES string of the molecule is NC(=O)CSc1ccccc1NC(=O)CSc1nc2ccccc2c(=O)n1Cc1cccnc1. The molecule has 0 saturated heterocycles. The summed E-state index contributed by atoms with van der Waals surface area (Å²) in [6, 6.07) is 18.0. The molecule has 172 valence electrons. The number of rotatable bonds is 9. The van der Waals surface area contributed by atoms with Crippen LogP contribution in [-0.4, -0.2) is 37.9 Å². The summed E-state index contributed by atoms with van der Waals surface area (Å²) in [5.41, 5.74) is 7.09. The zero-order chi connectivity index (χ0) is 23.9. The quantitative estimate of drug-likeness (QED) is 0.273. The summed E-state index contributed by atoms with van der Waals surface area (Å²) in [5.74, 6) is -0.529. The highest BCUT2D eigenvalue weighted by Crippen LogP contribution is 2.27. The van der Waals surface area contributed by atoms with Gasteiger partial charge in [-0.15, -0.1) is 11.8 Å². The molecule has 0 fully saturated rings. The number of primary amides is 1. The fraction of sp³-hybridized carbons (Fsp3) is 0.125. The highest BCUT2D eigenvalue weighted by molar-refractivity contribution is 8.00. The fourth-order valence-corrected chi connectivity index (χ4v) is 4.78. The van der Waals surface area contributed by atoms with Gasteiger partial charge in [0.25, 0.3) is 5.56 Å². The lowest BCUT2D eigenvalue weighted by Crippen LogP contribution is -2.25. The lowest BCUT2D eigenvalue weighted by atomic mass is 10.2. The molecule has 0 aliphatic carbocycles. The van der Waals surface area contributed by atoms with Gasteiger partial charge in [0.2, 0.25) is 11.8 Å². The number of aromatic nitrogens is 3. The highest BCUT2D eigenvalue weighted by Gasteiger charge is 2.15. The Balaban J connectivity index is 1.55. The summed E-state index contributed by atoms with van der Waals surface area (Å²) >= 11 is 2.44. The molecule has 2 aromatic carbocycles. The Hall–Kier alpha value is -3.63. The molecule has 4 rings (SSSR count). The molecule has 0 aliphatic rings. The predicted molar refractivity (Wildman–Crippen MR) is 135 cm³/mol. The van der Waals surface area contributed by atoms with Crippen molar-refractivity contribution >= 4 is 51.9 Å². The van der Waals surface area contributed by atoms with E-state index >= 15 is 0 Å². The molecular weight excluding hydrogens is 470 g/mol. The van der Waals surface area contributed by atoms with Gasteiger partial charge in [-0.3, -0.25) is 23.9 Å². The van der Waals surface area contributed by atoms with Crippen LogP contribution in [0.2, 0.25) is 0 Å². The van der Waals surface area contributed by atoms with Crippen molar-refractivity contribution in [2.45, 2.75) is 16.6 Å². The molecule has 2 heterocycles. The number of thioether (sulfide) groups is 2. The predicted octanol–water partition coefficient (Wildman–Crippen LogP) is 3.15. The van der Waals surface area contributed by atoms with E-state index in [0.717, 1.165) is 10.5 Å². The number of nitrogens with zero attached hydrogens (tertiary/aromatic N) is 3. The lowest BCUT2D eigenvalue weighted by Gasteiger charge is -2.14. The Morgan fingerprint density at radius 3 is 2.56 bits per heavy atom. The summed E-state index contributed by atoms with van der Waals surface area (Å²) < 4.78 is 1.56. The molecule has 34 heavy (non-hydrogen) atoms. The number of carbonyl (C=O) groups excluding carboxylic acids is 2. The van der Waals surface area contributed by atoms with Gasteiger partial charge < -0.3 is 11.1 Å². The van der Waals surface area contributed by atoms with Gasteiger partial charge in [0.15, 0.2) is 5.16 Å². The molecule has 0 aliphatic heterocycles. The van der Waals surface area contributed by atoms with Crippen molar-refractivity contribution in [1.29, 1.82) is 0 Å². The second kappa shape index (κ2) is 11.0. The van der Waals surface area contributed by atoms with Crippen molar-refractivity contribution in [2.24, 2.45) is 5.73 Å². The third-order valence-electron chi connectivity index (χ3n) is 4.75. The van der Waals surface area contributed by atoms with Crippen molar-refractivity contribution in [3.8, 4) is 0 Å². The molecule has 3 N–H and O–H groups in total. The van der Waals surface area contributed by atoms with Crippen molar-refractivity contribution in [3.05, 3.63) is 89.0 Å². The molecule has 2 aromatic heterocycles. The fourth-order valence-electron chi connectivity index (χ4n) is 3.23. The number of benzene rings is 2. The van der Waals surface area contributed by atoms with Crippen LogP contribution in [0.3, 0.4) is 0 Å². The summed E-state index contributed by atoms with van der Waals surface area (Å²) in [7, 11) is 0. The third kappa shape index (κ3) is 5.83. The van der Waals surface area contributed by atoms with Crippen molar-refractivity contribution in [2.75, 3.05) is 16.8 Å². The normalized spacial score (nSPS) is 10.8. The Bertz CT molecular complexity index is 1390. The Labute approximate surface area is 204 Å². The first-order valence-electron chi connectivity index (χ1n) is 10.3. The van der Waals surface area contributed by atoms with Crippen LogP contribution in [0.25, 0.3) is 10.9 Å². The smallest absolute Gasteiger partial charge is 0.262 e. The standard InChI is InChI=1S/C24H21N5O3S2/c25-21(30)14-33-20-10-4-3-9-19(20)27-22(31)15-34-24-28-18-8-2-1-7-17(18)23(32)29(24)13-16-6-5-11-26-12-16/h1-12H,13-15H2,(H2,25,30)(H,27,31). The Morgan fingerprint density at radius 1 is 0.971 bits per heavy atom. The van der Waals surface area contributed by atoms with Crippen LogP contribution < -0.4 is 16.6 Å². The van der Waals surface area contributed by atoms with Crippen LogP contribution in [-0.2, 0) is 16.1 Å². The summed E-state index contributed by atoms with van der Waals surface area (Å²) in [6.45, 7) is 0.293. The molecule has 4 aromatic rings. The first kappa shape index (κ1) is 23.5. The number of anilines is 1. The molecule has 2 amide bonds. The zero-order valence-corrected chi connectivity index (χ0v) is 19.6. The third-order valence-corrected chi connectivity index (χ3v) is 6.83. The average molecular weight is 492 g/mol. The number of para-hydroxylation sites is 2. The molecule has 0 spiro atoms. The van der Waals surface area contributed by atoms with Gasteiger partial charge in [-0.1, -0.05) is 42.1 Å². The van der Waals surface area contributed by atoms with Gasteiger partial charge in [0.05, 0.1) is 34.6 Å². The van der Waals surface area contributed by atoms with Gasteiger partial charge in [0, 0.05) is 17.3 Å². The number of nitrogens with one attached hydrogen (secondary N) is 1. The van der Waals surface area contributed by atoms with E-state index in [1.165, 1.54) is 23.5 Å². The average Bonchev–Trinajstić information content (AvgIpc) is 2.85. The topological polar surface area (TPSA) is 120 Å². The number of fused-ring (bicyclic) bond motifs is 1. The van der Waals surface area contributed by atoms with E-state index in [4.69, 9.17) is 5.73 Å². The number of amides is 2. The van der Waals surface area contributed by atoms with Crippen molar-refractivity contribution in [1.82, 2.24) is 14.5 Å². The van der Waals surface area contributed by atoms with Crippen LogP contribution in [0, 0.1) is 0 Å².